The normalized spacial score (nSPS) is 11.9. The summed E-state index contributed by atoms with van der Waals surface area (Å²) >= 11 is 6.27. The number of benzene rings is 3. The van der Waals surface area contributed by atoms with E-state index >= 15 is 0 Å². The van der Waals surface area contributed by atoms with Gasteiger partial charge in [0, 0.05) is 17.6 Å². The number of hydrogen-bond donors (Lipinski definition) is 1. The van der Waals surface area contributed by atoms with Gasteiger partial charge in [0.2, 0.25) is 0 Å². The third-order valence-electron chi connectivity index (χ3n) is 5.34. The molecule has 0 bridgehead atoms. The van der Waals surface area contributed by atoms with Gasteiger partial charge in [0.1, 0.15) is 23.9 Å². The van der Waals surface area contributed by atoms with E-state index in [1.807, 2.05) is 24.3 Å². The van der Waals surface area contributed by atoms with Crippen LogP contribution in [-0.4, -0.2) is 13.2 Å². The second-order valence-corrected chi connectivity index (χ2v) is 8.10. The van der Waals surface area contributed by atoms with Crippen molar-refractivity contribution in [3.05, 3.63) is 93.8 Å². The molecule has 3 nitrogen and oxygen atoms in total. The van der Waals surface area contributed by atoms with E-state index in [0.29, 0.717) is 11.6 Å². The van der Waals surface area contributed by atoms with Gasteiger partial charge in [0.05, 0.1) is 7.11 Å². The van der Waals surface area contributed by atoms with Gasteiger partial charge in [0.15, 0.2) is 0 Å². The lowest BCUT2D eigenvalue weighted by Crippen LogP contribution is -2.30. The first-order chi connectivity index (χ1) is 15.0. The second-order valence-electron chi connectivity index (χ2n) is 7.66. The van der Waals surface area contributed by atoms with Gasteiger partial charge in [-0.2, -0.15) is 0 Å². The zero-order valence-corrected chi connectivity index (χ0v) is 19.0. The van der Waals surface area contributed by atoms with Crippen molar-refractivity contribution >= 4 is 11.6 Å². The first-order valence-corrected chi connectivity index (χ1v) is 10.9. The molecule has 3 aromatic carbocycles. The molecule has 0 fully saturated rings. The molecule has 1 unspecified atom stereocenters. The largest absolute Gasteiger partial charge is 0.496 e. The molecule has 0 amide bonds. The highest BCUT2D eigenvalue weighted by atomic mass is 35.5. The Kier molecular flexibility index (Phi) is 8.33. The van der Waals surface area contributed by atoms with Crippen LogP contribution in [0, 0.1) is 12.7 Å². The summed E-state index contributed by atoms with van der Waals surface area (Å²) in [5.41, 5.74) is 4.32. The molecule has 0 aliphatic rings. The van der Waals surface area contributed by atoms with E-state index in [1.165, 1.54) is 17.7 Å². The van der Waals surface area contributed by atoms with Crippen LogP contribution in [0.3, 0.4) is 0 Å². The molecule has 0 heterocycles. The molecule has 3 rings (SSSR count). The van der Waals surface area contributed by atoms with Crippen molar-refractivity contribution in [3.63, 3.8) is 0 Å². The van der Waals surface area contributed by atoms with Crippen molar-refractivity contribution < 1.29 is 13.9 Å². The summed E-state index contributed by atoms with van der Waals surface area (Å²) in [6.07, 6.45) is 1.77. The summed E-state index contributed by atoms with van der Waals surface area (Å²) in [5.74, 6) is 1.45. The van der Waals surface area contributed by atoms with Crippen molar-refractivity contribution in [1.82, 2.24) is 5.32 Å². The number of methoxy groups -OCH3 is 1. The Morgan fingerprint density at radius 3 is 2.35 bits per heavy atom. The fourth-order valence-electron chi connectivity index (χ4n) is 3.53. The molecule has 1 atom stereocenters. The minimum atomic E-state index is -0.250. The van der Waals surface area contributed by atoms with Crippen LogP contribution in [0.25, 0.3) is 0 Å². The van der Waals surface area contributed by atoms with Crippen LogP contribution in [0.4, 0.5) is 4.39 Å². The standard InChI is InChI=1S/C26H29ClFNO2/c1-4-24(29-16-20-7-11-25(30-3)18(2)13-20)15-21-14-22(27)8-12-26(21)31-17-19-5-9-23(28)10-6-19/h5-14,24,29H,4,15-17H2,1-3H3. The maximum absolute atomic E-state index is 13.1. The number of rotatable bonds is 10. The number of halogens is 2. The molecular weight excluding hydrogens is 413 g/mol. The van der Waals surface area contributed by atoms with E-state index in [9.17, 15) is 4.39 Å². The summed E-state index contributed by atoms with van der Waals surface area (Å²) in [7, 11) is 1.69. The van der Waals surface area contributed by atoms with Gasteiger partial charge >= 0.3 is 0 Å². The van der Waals surface area contributed by atoms with Crippen LogP contribution in [0.1, 0.15) is 35.6 Å². The molecule has 0 aliphatic carbocycles. The van der Waals surface area contributed by atoms with E-state index in [-0.39, 0.29) is 11.9 Å². The van der Waals surface area contributed by atoms with Crippen LogP contribution >= 0.6 is 11.6 Å². The third-order valence-corrected chi connectivity index (χ3v) is 5.58. The lowest BCUT2D eigenvalue weighted by molar-refractivity contribution is 0.301. The number of aryl methyl sites for hydroxylation is 1. The molecule has 0 saturated carbocycles. The van der Waals surface area contributed by atoms with Gasteiger partial charge in [-0.25, -0.2) is 4.39 Å². The predicted octanol–water partition coefficient (Wildman–Crippen LogP) is 6.49. The van der Waals surface area contributed by atoms with Crippen LogP contribution in [0.15, 0.2) is 60.7 Å². The first kappa shape index (κ1) is 23.1. The van der Waals surface area contributed by atoms with Crippen molar-refractivity contribution in [1.29, 1.82) is 0 Å². The lowest BCUT2D eigenvalue weighted by atomic mass is 10.0. The molecule has 0 aliphatic heterocycles. The molecule has 164 valence electrons. The zero-order chi connectivity index (χ0) is 22.2. The molecule has 31 heavy (non-hydrogen) atoms. The van der Waals surface area contributed by atoms with Crippen LogP contribution < -0.4 is 14.8 Å². The topological polar surface area (TPSA) is 30.5 Å². The molecule has 0 radical (unpaired) electrons. The highest BCUT2D eigenvalue weighted by molar-refractivity contribution is 6.30. The smallest absolute Gasteiger partial charge is 0.123 e. The van der Waals surface area contributed by atoms with E-state index in [0.717, 1.165) is 47.6 Å². The lowest BCUT2D eigenvalue weighted by Gasteiger charge is -2.20. The highest BCUT2D eigenvalue weighted by Crippen LogP contribution is 2.26. The summed E-state index contributed by atoms with van der Waals surface area (Å²) in [6.45, 7) is 5.37. The summed E-state index contributed by atoms with van der Waals surface area (Å²) in [6, 6.07) is 18.6. The quantitative estimate of drug-likeness (QED) is 0.390. The molecule has 5 heteroatoms. The van der Waals surface area contributed by atoms with E-state index in [1.54, 1.807) is 19.2 Å². The Bertz CT molecular complexity index is 991. The SMILES string of the molecule is CCC(Cc1cc(Cl)ccc1OCc1ccc(F)cc1)NCc1ccc(OC)c(C)c1. The maximum Gasteiger partial charge on any atom is 0.123 e. The average molecular weight is 442 g/mol. The van der Waals surface area contributed by atoms with Gasteiger partial charge in [-0.05, 0) is 78.4 Å². The van der Waals surface area contributed by atoms with E-state index in [2.05, 4.69) is 31.3 Å². The Labute approximate surface area is 189 Å². The molecule has 3 aromatic rings. The monoisotopic (exact) mass is 441 g/mol. The van der Waals surface area contributed by atoms with Crippen molar-refractivity contribution in [3.8, 4) is 11.5 Å². The first-order valence-electron chi connectivity index (χ1n) is 10.5. The fourth-order valence-corrected chi connectivity index (χ4v) is 3.72. The fraction of sp³-hybridized carbons (Fsp3) is 0.308. The van der Waals surface area contributed by atoms with Crippen molar-refractivity contribution in [2.24, 2.45) is 0 Å². The van der Waals surface area contributed by atoms with Crippen LogP contribution in [0.2, 0.25) is 5.02 Å². The Morgan fingerprint density at radius 1 is 0.968 bits per heavy atom. The molecule has 0 saturated heterocycles. The summed E-state index contributed by atoms with van der Waals surface area (Å²) in [5, 5.41) is 4.33. The van der Waals surface area contributed by atoms with Gasteiger partial charge in [-0.1, -0.05) is 42.8 Å². The molecule has 0 spiro atoms. The minimum absolute atomic E-state index is 0.250. The van der Waals surface area contributed by atoms with E-state index < -0.39 is 0 Å². The number of hydrogen-bond acceptors (Lipinski definition) is 3. The molecule has 1 N–H and O–H groups in total. The Hall–Kier alpha value is -2.56. The molecular formula is C26H29ClFNO2. The highest BCUT2D eigenvalue weighted by Gasteiger charge is 2.13. The third kappa shape index (κ3) is 6.71. The van der Waals surface area contributed by atoms with E-state index in [4.69, 9.17) is 21.1 Å². The van der Waals surface area contributed by atoms with Gasteiger partial charge in [-0.3, -0.25) is 0 Å². The molecule has 0 aromatic heterocycles. The van der Waals surface area contributed by atoms with Crippen LogP contribution in [-0.2, 0) is 19.6 Å². The number of nitrogens with one attached hydrogen (secondary N) is 1. The number of ether oxygens (including phenoxy) is 2. The maximum atomic E-state index is 13.1. The van der Waals surface area contributed by atoms with Gasteiger partial charge in [-0.15, -0.1) is 0 Å². The van der Waals surface area contributed by atoms with Gasteiger partial charge in [0.25, 0.3) is 0 Å². The Morgan fingerprint density at radius 2 is 1.68 bits per heavy atom. The predicted molar refractivity (Wildman–Crippen MR) is 125 cm³/mol. The Balaban J connectivity index is 1.65. The van der Waals surface area contributed by atoms with Crippen LogP contribution in [0.5, 0.6) is 11.5 Å². The zero-order valence-electron chi connectivity index (χ0n) is 18.3. The average Bonchev–Trinajstić information content (AvgIpc) is 2.77. The van der Waals surface area contributed by atoms with Crippen molar-refractivity contribution in [2.45, 2.75) is 45.9 Å². The minimum Gasteiger partial charge on any atom is -0.496 e. The summed E-state index contributed by atoms with van der Waals surface area (Å²) < 4.78 is 24.5. The summed E-state index contributed by atoms with van der Waals surface area (Å²) in [4.78, 5) is 0. The van der Waals surface area contributed by atoms with Gasteiger partial charge < -0.3 is 14.8 Å². The van der Waals surface area contributed by atoms with Crippen molar-refractivity contribution in [2.75, 3.05) is 7.11 Å². The second kappa shape index (κ2) is 11.2.